The van der Waals surface area contributed by atoms with Crippen molar-refractivity contribution in [2.75, 3.05) is 5.75 Å². The zero-order valence-electron chi connectivity index (χ0n) is 7.59. The zero-order valence-corrected chi connectivity index (χ0v) is 10.0. The lowest BCUT2D eigenvalue weighted by Gasteiger charge is -2.13. The molecule has 0 aliphatic carbocycles. The third kappa shape index (κ3) is 5.87. The summed E-state index contributed by atoms with van der Waals surface area (Å²) >= 11 is 8.25. The molecule has 0 aromatic carbocycles. The van der Waals surface area contributed by atoms with Crippen LogP contribution >= 0.6 is 35.7 Å². The van der Waals surface area contributed by atoms with E-state index in [1.165, 1.54) is 11.8 Å². The Morgan fingerprint density at radius 2 is 2.17 bits per heavy atom. The molecule has 0 bridgehead atoms. The minimum absolute atomic E-state index is 0.377. The van der Waals surface area contributed by atoms with Gasteiger partial charge in [0.25, 0.3) is 0 Å². The number of nitriles is 1. The van der Waals surface area contributed by atoms with Crippen LogP contribution < -0.4 is 0 Å². The van der Waals surface area contributed by atoms with Crippen molar-refractivity contribution >= 4 is 39.3 Å². The van der Waals surface area contributed by atoms with Gasteiger partial charge in [0.2, 0.25) is 0 Å². The normalized spacial score (nSPS) is 10.8. The van der Waals surface area contributed by atoms with Gasteiger partial charge in [-0.3, -0.25) is 0 Å². The zero-order chi connectivity index (χ0) is 9.61. The molecule has 4 heteroatoms. The van der Waals surface area contributed by atoms with Gasteiger partial charge in [0.1, 0.15) is 8.28 Å². The lowest BCUT2D eigenvalue weighted by molar-refractivity contribution is 0.921. The van der Waals surface area contributed by atoms with Gasteiger partial charge in [-0.25, -0.2) is 0 Å². The molecule has 0 aliphatic rings. The molecule has 0 heterocycles. The van der Waals surface area contributed by atoms with Crippen LogP contribution in [-0.4, -0.2) is 14.0 Å². The average molecular weight is 219 g/mol. The lowest BCUT2D eigenvalue weighted by atomic mass is 10.2. The van der Waals surface area contributed by atoms with E-state index in [0.29, 0.717) is 0 Å². The molecule has 0 N–H and O–H groups in total. The van der Waals surface area contributed by atoms with E-state index in [2.05, 4.69) is 13.0 Å². The molecule has 0 aromatic heterocycles. The smallest absolute Gasteiger partial charge is 0.105 e. The number of rotatable bonds is 3. The maximum Gasteiger partial charge on any atom is 0.105 e. The van der Waals surface area contributed by atoms with E-state index in [-0.39, 0.29) is 4.75 Å². The van der Waals surface area contributed by atoms with E-state index in [9.17, 15) is 0 Å². The first kappa shape index (κ1) is 12.3. The van der Waals surface area contributed by atoms with Crippen LogP contribution in [0.2, 0.25) is 0 Å². The maximum absolute atomic E-state index is 8.73. The molecule has 68 valence electrons. The van der Waals surface area contributed by atoms with Gasteiger partial charge in [-0.15, -0.1) is 11.8 Å². The van der Waals surface area contributed by atoms with Crippen LogP contribution in [-0.2, 0) is 0 Å². The summed E-state index contributed by atoms with van der Waals surface area (Å²) in [5, 5.41) is 8.73. The minimum atomic E-state index is -0.377. The third-order valence-corrected chi connectivity index (χ3v) is 3.86. The highest BCUT2D eigenvalue weighted by atomic mass is 32.2. The Balaban J connectivity index is 3.78. The number of thioether (sulfide) groups is 2. The van der Waals surface area contributed by atoms with Crippen molar-refractivity contribution in [3.05, 3.63) is 0 Å². The Morgan fingerprint density at radius 1 is 1.58 bits per heavy atom. The highest BCUT2D eigenvalue weighted by Gasteiger charge is 2.19. The van der Waals surface area contributed by atoms with Crippen LogP contribution in [0.4, 0.5) is 0 Å². The molecule has 0 unspecified atom stereocenters. The van der Waals surface area contributed by atoms with Crippen LogP contribution in [0.1, 0.15) is 27.2 Å². The van der Waals surface area contributed by atoms with E-state index in [1.54, 1.807) is 11.8 Å². The van der Waals surface area contributed by atoms with E-state index < -0.39 is 0 Å². The number of nitrogens with zero attached hydrogens (tertiary/aromatic N) is 1. The van der Waals surface area contributed by atoms with Gasteiger partial charge in [-0.2, -0.15) is 5.26 Å². The molecule has 1 nitrogen and oxygen atoms in total. The highest BCUT2D eigenvalue weighted by molar-refractivity contribution is 8.47. The topological polar surface area (TPSA) is 23.8 Å². The fourth-order valence-electron chi connectivity index (χ4n) is 0.446. The summed E-state index contributed by atoms with van der Waals surface area (Å²) in [7, 11) is 0. The molecule has 0 spiro atoms. The first-order valence-corrected chi connectivity index (χ1v) is 6.00. The van der Waals surface area contributed by atoms with Crippen molar-refractivity contribution in [3.63, 3.8) is 0 Å². The van der Waals surface area contributed by atoms with Crippen molar-refractivity contribution in [1.82, 2.24) is 0 Å². The molecule has 0 fully saturated rings. The molecule has 0 amide bonds. The van der Waals surface area contributed by atoms with Gasteiger partial charge < -0.3 is 0 Å². The molecule has 0 saturated heterocycles. The van der Waals surface area contributed by atoms with Gasteiger partial charge in [0.05, 0.1) is 6.07 Å². The monoisotopic (exact) mass is 219 g/mol. The summed E-state index contributed by atoms with van der Waals surface area (Å²) in [4.78, 5) is 0. The molecule has 0 radical (unpaired) electrons. The molecular weight excluding hydrogens is 206 g/mol. The second-order valence-corrected chi connectivity index (χ2v) is 6.74. The summed E-state index contributed by atoms with van der Waals surface area (Å²) in [6.45, 7) is 5.89. The van der Waals surface area contributed by atoms with E-state index in [1.807, 2.05) is 13.8 Å². The molecule has 0 saturated carbocycles. The van der Waals surface area contributed by atoms with Crippen LogP contribution in [0.5, 0.6) is 0 Å². The molecule has 0 aliphatic heterocycles. The number of hydrogen-bond acceptors (Lipinski definition) is 4. The van der Waals surface area contributed by atoms with E-state index in [0.717, 1.165) is 15.7 Å². The minimum Gasteiger partial charge on any atom is -0.197 e. The molecule has 0 rings (SSSR count). The third-order valence-electron chi connectivity index (χ3n) is 1.03. The summed E-state index contributed by atoms with van der Waals surface area (Å²) < 4.78 is 0.501. The van der Waals surface area contributed by atoms with Gasteiger partial charge >= 0.3 is 0 Å². The quantitative estimate of drug-likeness (QED) is 0.678. The Morgan fingerprint density at radius 3 is 2.58 bits per heavy atom. The molecule has 0 atom stereocenters. The second-order valence-electron chi connectivity index (χ2n) is 2.82. The molecule has 12 heavy (non-hydrogen) atoms. The predicted octanol–water partition coefficient (Wildman–Crippen LogP) is 3.45. The van der Waals surface area contributed by atoms with Gasteiger partial charge in [-0.05, 0) is 26.0 Å². The lowest BCUT2D eigenvalue weighted by Crippen LogP contribution is -2.12. The molecule has 0 aromatic rings. The Hall–Kier alpha value is 0.280. The number of hydrogen-bond donors (Lipinski definition) is 0. The van der Waals surface area contributed by atoms with Crippen LogP contribution in [0.25, 0.3) is 0 Å². The van der Waals surface area contributed by atoms with Crippen LogP contribution in [0.3, 0.4) is 0 Å². The first-order valence-electron chi connectivity index (χ1n) is 3.79. The molecular formula is C8H13NS3. The summed E-state index contributed by atoms with van der Waals surface area (Å²) in [5.74, 6) is 1.05. The van der Waals surface area contributed by atoms with Gasteiger partial charge in [0, 0.05) is 0 Å². The van der Waals surface area contributed by atoms with Gasteiger partial charge in [0.15, 0.2) is 0 Å². The Kier molecular flexibility index (Phi) is 5.98. The predicted molar refractivity (Wildman–Crippen MR) is 62.6 cm³/mol. The van der Waals surface area contributed by atoms with Crippen molar-refractivity contribution in [3.8, 4) is 6.07 Å². The van der Waals surface area contributed by atoms with E-state index in [4.69, 9.17) is 17.5 Å². The van der Waals surface area contributed by atoms with Crippen molar-refractivity contribution < 1.29 is 0 Å². The standard InChI is InChI=1S/C8H13NS3/c1-4-5-11-7(10)12-8(2,3)6-9/h4-5H2,1-3H3. The van der Waals surface area contributed by atoms with Crippen molar-refractivity contribution in [2.24, 2.45) is 0 Å². The van der Waals surface area contributed by atoms with Crippen LogP contribution in [0.15, 0.2) is 0 Å². The number of thiocarbonyl (C=S) groups is 1. The summed E-state index contributed by atoms with van der Waals surface area (Å²) in [5.41, 5.74) is 0. The fourth-order valence-corrected chi connectivity index (χ4v) is 3.26. The Bertz CT molecular complexity index is 193. The summed E-state index contributed by atoms with van der Waals surface area (Å²) in [6.07, 6.45) is 1.12. The van der Waals surface area contributed by atoms with Crippen molar-refractivity contribution in [2.45, 2.75) is 31.9 Å². The van der Waals surface area contributed by atoms with Crippen LogP contribution in [0, 0.1) is 11.3 Å². The van der Waals surface area contributed by atoms with Gasteiger partial charge in [-0.1, -0.05) is 30.9 Å². The SMILES string of the molecule is CCCSC(=S)SC(C)(C)C#N. The fraction of sp³-hybridized carbons (Fsp3) is 0.750. The average Bonchev–Trinajstić information content (AvgIpc) is 2.00. The van der Waals surface area contributed by atoms with Crippen molar-refractivity contribution in [1.29, 1.82) is 5.26 Å². The van der Waals surface area contributed by atoms with E-state index >= 15 is 0 Å². The maximum atomic E-state index is 8.73. The first-order chi connectivity index (χ1) is 5.52. The second kappa shape index (κ2) is 5.85. The summed E-state index contributed by atoms with van der Waals surface area (Å²) in [6, 6.07) is 2.21. The largest absolute Gasteiger partial charge is 0.197 e. The highest BCUT2D eigenvalue weighted by Crippen LogP contribution is 2.30. The Labute approximate surface area is 88.3 Å².